The summed E-state index contributed by atoms with van der Waals surface area (Å²) in [7, 11) is 0. The molecule has 1 fully saturated rings. The minimum absolute atomic E-state index is 0.00726. The van der Waals surface area contributed by atoms with E-state index in [0.29, 0.717) is 18.8 Å². The summed E-state index contributed by atoms with van der Waals surface area (Å²) in [6.45, 7) is 0.836. The number of ether oxygens (including phenoxy) is 1. The van der Waals surface area contributed by atoms with Crippen molar-refractivity contribution in [2.24, 2.45) is 0 Å². The Morgan fingerprint density at radius 3 is 2.82 bits per heavy atom. The van der Waals surface area contributed by atoms with Crippen molar-refractivity contribution in [2.45, 2.75) is 0 Å². The SMILES string of the molecule is O=C1COCCN1c1ccc([N+](=O)[O-])cc1Cl. The molecule has 1 saturated heterocycles. The smallest absolute Gasteiger partial charge is 0.271 e. The lowest BCUT2D eigenvalue weighted by atomic mass is 10.2. The number of non-ortho nitro benzene ring substituents is 1. The molecule has 1 aliphatic rings. The maximum absolute atomic E-state index is 11.6. The molecule has 1 aromatic rings. The molecule has 0 unspecified atom stereocenters. The number of amides is 1. The molecule has 0 saturated carbocycles. The van der Waals surface area contributed by atoms with Gasteiger partial charge in [0.2, 0.25) is 0 Å². The number of morpholine rings is 1. The minimum atomic E-state index is -0.531. The van der Waals surface area contributed by atoms with Crippen molar-refractivity contribution in [3.8, 4) is 0 Å². The van der Waals surface area contributed by atoms with E-state index in [-0.39, 0.29) is 23.2 Å². The summed E-state index contributed by atoms with van der Waals surface area (Å²) >= 11 is 5.93. The Bertz CT molecular complexity index is 477. The molecule has 0 N–H and O–H groups in total. The van der Waals surface area contributed by atoms with Crippen molar-refractivity contribution in [3.05, 3.63) is 33.3 Å². The molecule has 1 amide bonds. The first kappa shape index (κ1) is 11.8. The number of anilines is 1. The van der Waals surface area contributed by atoms with Crippen LogP contribution in [0.3, 0.4) is 0 Å². The Balaban J connectivity index is 2.32. The number of carbonyl (C=O) groups is 1. The van der Waals surface area contributed by atoms with Crippen molar-refractivity contribution in [1.82, 2.24) is 0 Å². The molecular weight excluding hydrogens is 248 g/mol. The third-order valence-electron chi connectivity index (χ3n) is 2.42. The molecule has 6 nitrogen and oxygen atoms in total. The predicted octanol–water partition coefficient (Wildman–Crippen LogP) is 1.61. The summed E-state index contributed by atoms with van der Waals surface area (Å²) in [5.41, 5.74) is 0.380. The van der Waals surface area contributed by atoms with Gasteiger partial charge in [-0.2, -0.15) is 0 Å². The van der Waals surface area contributed by atoms with Crippen molar-refractivity contribution in [3.63, 3.8) is 0 Å². The molecule has 1 aliphatic heterocycles. The molecule has 2 rings (SSSR count). The maximum Gasteiger partial charge on any atom is 0.271 e. The van der Waals surface area contributed by atoms with Crippen LogP contribution in [0.25, 0.3) is 0 Å². The van der Waals surface area contributed by atoms with Gasteiger partial charge in [-0.25, -0.2) is 0 Å². The fourth-order valence-electron chi connectivity index (χ4n) is 1.60. The van der Waals surface area contributed by atoms with E-state index < -0.39 is 4.92 Å². The largest absolute Gasteiger partial charge is 0.370 e. The lowest BCUT2D eigenvalue weighted by molar-refractivity contribution is -0.384. The van der Waals surface area contributed by atoms with E-state index in [1.807, 2.05) is 0 Å². The van der Waals surface area contributed by atoms with Crippen LogP contribution < -0.4 is 4.90 Å². The molecular formula is C10H9ClN2O4. The van der Waals surface area contributed by atoms with Crippen LogP contribution in [0.1, 0.15) is 0 Å². The third-order valence-corrected chi connectivity index (χ3v) is 2.72. The van der Waals surface area contributed by atoms with Gasteiger partial charge < -0.3 is 9.64 Å². The highest BCUT2D eigenvalue weighted by Gasteiger charge is 2.23. The van der Waals surface area contributed by atoms with Crippen molar-refractivity contribution in [1.29, 1.82) is 0 Å². The highest BCUT2D eigenvalue weighted by Crippen LogP contribution is 2.30. The van der Waals surface area contributed by atoms with Crippen LogP contribution in [0.2, 0.25) is 5.02 Å². The van der Waals surface area contributed by atoms with E-state index in [2.05, 4.69) is 0 Å². The van der Waals surface area contributed by atoms with Crippen molar-refractivity contribution >= 4 is 28.9 Å². The number of nitro groups is 1. The first-order valence-corrected chi connectivity index (χ1v) is 5.29. The second-order valence-corrected chi connectivity index (χ2v) is 3.90. The summed E-state index contributed by atoms with van der Waals surface area (Å²) in [6, 6.07) is 4.03. The number of hydrogen-bond acceptors (Lipinski definition) is 4. The topological polar surface area (TPSA) is 72.7 Å². The van der Waals surface area contributed by atoms with E-state index in [0.717, 1.165) is 0 Å². The van der Waals surface area contributed by atoms with Gasteiger partial charge in [0.1, 0.15) is 6.61 Å². The second kappa shape index (κ2) is 4.68. The molecule has 0 atom stereocenters. The van der Waals surface area contributed by atoms with Crippen LogP contribution in [-0.4, -0.2) is 30.6 Å². The number of rotatable bonds is 2. The highest BCUT2D eigenvalue weighted by molar-refractivity contribution is 6.34. The zero-order valence-electron chi connectivity index (χ0n) is 8.76. The van der Waals surface area contributed by atoms with Gasteiger partial charge in [0, 0.05) is 18.7 Å². The Morgan fingerprint density at radius 1 is 1.47 bits per heavy atom. The summed E-state index contributed by atoms with van der Waals surface area (Å²) in [5, 5.41) is 10.7. The normalized spacial score (nSPS) is 16.1. The van der Waals surface area contributed by atoms with Crippen LogP contribution in [-0.2, 0) is 9.53 Å². The fraction of sp³-hybridized carbons (Fsp3) is 0.300. The van der Waals surface area contributed by atoms with Crippen LogP contribution in [0.15, 0.2) is 18.2 Å². The third kappa shape index (κ3) is 2.37. The number of halogens is 1. The van der Waals surface area contributed by atoms with Crippen LogP contribution in [0.5, 0.6) is 0 Å². The number of hydrogen-bond donors (Lipinski definition) is 0. The van der Waals surface area contributed by atoms with E-state index in [9.17, 15) is 14.9 Å². The molecule has 90 valence electrons. The predicted molar refractivity (Wildman–Crippen MR) is 61.3 cm³/mol. The second-order valence-electron chi connectivity index (χ2n) is 3.49. The average molecular weight is 257 g/mol. The summed E-state index contributed by atoms with van der Waals surface area (Å²) < 4.78 is 4.99. The molecule has 0 bridgehead atoms. The van der Waals surface area contributed by atoms with Gasteiger partial charge in [0.05, 0.1) is 22.2 Å². The number of nitro benzene ring substituents is 1. The first-order valence-electron chi connectivity index (χ1n) is 4.91. The van der Waals surface area contributed by atoms with E-state index in [4.69, 9.17) is 16.3 Å². The molecule has 0 aromatic heterocycles. The molecule has 7 heteroatoms. The lowest BCUT2D eigenvalue weighted by Gasteiger charge is -2.27. The van der Waals surface area contributed by atoms with Gasteiger partial charge in [0.25, 0.3) is 11.6 Å². The Labute approximate surface area is 102 Å². The molecule has 0 spiro atoms. The van der Waals surface area contributed by atoms with Crippen molar-refractivity contribution < 1.29 is 14.5 Å². The van der Waals surface area contributed by atoms with E-state index in [1.165, 1.54) is 23.1 Å². The molecule has 17 heavy (non-hydrogen) atoms. The summed E-state index contributed by atoms with van der Waals surface area (Å²) in [6.07, 6.45) is 0. The van der Waals surface area contributed by atoms with Crippen molar-refractivity contribution in [2.75, 3.05) is 24.7 Å². The maximum atomic E-state index is 11.6. The lowest BCUT2D eigenvalue weighted by Crippen LogP contribution is -2.41. The van der Waals surface area contributed by atoms with Gasteiger partial charge in [-0.1, -0.05) is 11.6 Å². The highest BCUT2D eigenvalue weighted by atomic mass is 35.5. The van der Waals surface area contributed by atoms with E-state index >= 15 is 0 Å². The quantitative estimate of drug-likeness (QED) is 0.595. The Kier molecular flexibility index (Phi) is 3.26. The average Bonchev–Trinajstić information content (AvgIpc) is 2.30. The molecule has 0 aliphatic carbocycles. The molecule has 1 heterocycles. The zero-order chi connectivity index (χ0) is 12.4. The Hall–Kier alpha value is -1.66. The molecule has 1 aromatic carbocycles. The van der Waals surface area contributed by atoms with Gasteiger partial charge in [-0.3, -0.25) is 14.9 Å². The standard InChI is InChI=1S/C10H9ClN2O4/c11-8-5-7(13(15)16)1-2-9(8)12-3-4-17-6-10(12)14/h1-2,5H,3-4,6H2. The Morgan fingerprint density at radius 2 is 2.24 bits per heavy atom. The van der Waals surface area contributed by atoms with E-state index in [1.54, 1.807) is 0 Å². The van der Waals surface area contributed by atoms with Gasteiger partial charge >= 0.3 is 0 Å². The van der Waals surface area contributed by atoms with Gasteiger partial charge in [-0.15, -0.1) is 0 Å². The number of carbonyl (C=O) groups excluding carboxylic acids is 1. The summed E-state index contributed by atoms with van der Waals surface area (Å²) in [4.78, 5) is 23.1. The zero-order valence-corrected chi connectivity index (χ0v) is 9.51. The van der Waals surface area contributed by atoms with Gasteiger partial charge in [-0.05, 0) is 6.07 Å². The van der Waals surface area contributed by atoms with Gasteiger partial charge in [0.15, 0.2) is 0 Å². The molecule has 0 radical (unpaired) electrons. The first-order chi connectivity index (χ1) is 8.09. The minimum Gasteiger partial charge on any atom is -0.370 e. The number of nitrogens with zero attached hydrogens (tertiary/aromatic N) is 2. The monoisotopic (exact) mass is 256 g/mol. The number of benzene rings is 1. The summed E-state index contributed by atoms with van der Waals surface area (Å²) in [5.74, 6) is -0.202. The van der Waals surface area contributed by atoms with Crippen LogP contribution in [0, 0.1) is 10.1 Å². The fourth-order valence-corrected chi connectivity index (χ4v) is 1.88. The van der Waals surface area contributed by atoms with Crippen LogP contribution >= 0.6 is 11.6 Å². The van der Waals surface area contributed by atoms with Crippen LogP contribution in [0.4, 0.5) is 11.4 Å².